The smallest absolute Gasteiger partial charge is 0.231 e. The molecule has 0 aliphatic heterocycles. The third-order valence-corrected chi connectivity index (χ3v) is 5.84. The zero-order valence-corrected chi connectivity index (χ0v) is 15.9. The predicted molar refractivity (Wildman–Crippen MR) is 107 cm³/mol. The first-order chi connectivity index (χ1) is 13.1. The first-order valence-electron chi connectivity index (χ1n) is 8.99. The van der Waals surface area contributed by atoms with Gasteiger partial charge in [0.25, 0.3) is 0 Å². The van der Waals surface area contributed by atoms with Crippen LogP contribution in [0.4, 0.5) is 0 Å². The van der Waals surface area contributed by atoms with Crippen molar-refractivity contribution >= 4 is 28.7 Å². The number of fused-ring (bicyclic) bond motifs is 1. The fourth-order valence-electron chi connectivity index (χ4n) is 3.27. The number of carbonyl (C=O) groups is 1. The molecule has 1 saturated carbocycles. The predicted octanol–water partition coefficient (Wildman–Crippen LogP) is 3.93. The molecular formula is C21H20N4OS. The fraction of sp³-hybridized carbons (Fsp3) is 0.286. The fourth-order valence-corrected chi connectivity index (χ4v) is 4.09. The van der Waals surface area contributed by atoms with Crippen molar-refractivity contribution in [3.63, 3.8) is 0 Å². The summed E-state index contributed by atoms with van der Waals surface area (Å²) in [4.78, 5) is 17.2. The number of amides is 1. The van der Waals surface area contributed by atoms with E-state index in [9.17, 15) is 10.1 Å². The lowest BCUT2D eigenvalue weighted by molar-refractivity contribution is -0.119. The van der Waals surface area contributed by atoms with Crippen molar-refractivity contribution in [2.45, 2.75) is 30.5 Å². The lowest BCUT2D eigenvalue weighted by atomic mass is 9.98. The number of thioether (sulfide) groups is 1. The molecule has 1 aromatic heterocycles. The number of rotatable bonds is 6. The zero-order chi connectivity index (χ0) is 18.9. The molecule has 27 heavy (non-hydrogen) atoms. The van der Waals surface area contributed by atoms with Gasteiger partial charge in [0.2, 0.25) is 5.91 Å². The largest absolute Gasteiger partial charge is 0.337 e. The number of nitrogens with one attached hydrogen (secondary N) is 1. The van der Waals surface area contributed by atoms with Crippen LogP contribution >= 0.6 is 11.8 Å². The van der Waals surface area contributed by atoms with Crippen LogP contribution in [0.1, 0.15) is 19.8 Å². The van der Waals surface area contributed by atoms with Gasteiger partial charge in [-0.1, -0.05) is 42.1 Å². The van der Waals surface area contributed by atoms with Crippen molar-refractivity contribution in [1.29, 1.82) is 5.26 Å². The maximum absolute atomic E-state index is 12.5. The molecule has 1 aliphatic rings. The van der Waals surface area contributed by atoms with Crippen molar-refractivity contribution in [3.05, 3.63) is 54.6 Å². The minimum absolute atomic E-state index is 0.136. The van der Waals surface area contributed by atoms with Gasteiger partial charge in [-0.05, 0) is 49.9 Å². The molecule has 5 nitrogen and oxygen atoms in total. The van der Waals surface area contributed by atoms with Gasteiger partial charge in [-0.3, -0.25) is 9.36 Å². The van der Waals surface area contributed by atoms with E-state index in [0.29, 0.717) is 0 Å². The molecule has 3 aromatic rings. The molecule has 0 saturated heterocycles. The van der Waals surface area contributed by atoms with Crippen molar-refractivity contribution in [2.75, 3.05) is 5.75 Å². The number of carbonyl (C=O) groups excluding carboxylic acids is 1. The number of aromatic nitrogens is 2. The van der Waals surface area contributed by atoms with E-state index in [0.717, 1.165) is 34.7 Å². The summed E-state index contributed by atoms with van der Waals surface area (Å²) in [6.07, 6.45) is 2.00. The van der Waals surface area contributed by atoms with Crippen LogP contribution in [0.15, 0.2) is 59.8 Å². The van der Waals surface area contributed by atoms with Crippen molar-refractivity contribution in [3.8, 4) is 11.8 Å². The van der Waals surface area contributed by atoms with Crippen LogP contribution in [0.25, 0.3) is 16.7 Å². The molecule has 0 bridgehead atoms. The monoisotopic (exact) mass is 376 g/mol. The van der Waals surface area contributed by atoms with Gasteiger partial charge in [-0.2, -0.15) is 5.26 Å². The second kappa shape index (κ2) is 7.09. The number of hydrogen-bond acceptors (Lipinski definition) is 4. The zero-order valence-electron chi connectivity index (χ0n) is 15.1. The topological polar surface area (TPSA) is 70.7 Å². The molecule has 0 unspecified atom stereocenters. The highest BCUT2D eigenvalue weighted by Crippen LogP contribution is 2.39. The summed E-state index contributed by atoms with van der Waals surface area (Å²) < 4.78 is 2.07. The molecule has 1 atom stereocenters. The van der Waals surface area contributed by atoms with Gasteiger partial charge in [0.1, 0.15) is 5.54 Å². The minimum Gasteiger partial charge on any atom is -0.337 e. The number of nitriles is 1. The number of imidazole rings is 1. The van der Waals surface area contributed by atoms with E-state index in [-0.39, 0.29) is 17.6 Å². The van der Waals surface area contributed by atoms with Crippen LogP contribution in [0, 0.1) is 17.2 Å². The van der Waals surface area contributed by atoms with Gasteiger partial charge in [0, 0.05) is 5.69 Å². The van der Waals surface area contributed by atoms with Gasteiger partial charge in [-0.25, -0.2) is 4.98 Å². The van der Waals surface area contributed by atoms with Gasteiger partial charge in [-0.15, -0.1) is 0 Å². The standard InChI is InChI=1S/C21H20N4OS/c1-21(14-22,15-11-12-15)24-19(26)13-27-20-23-17-9-5-6-10-18(17)25(20)16-7-3-2-4-8-16/h2-10,15H,11-13H2,1H3,(H,24,26)/t21-/m0/s1. The Morgan fingerprint density at radius 2 is 1.96 bits per heavy atom. The van der Waals surface area contributed by atoms with E-state index in [1.807, 2.05) is 61.5 Å². The van der Waals surface area contributed by atoms with Crippen LogP contribution in [0.5, 0.6) is 0 Å². The molecule has 1 amide bonds. The summed E-state index contributed by atoms with van der Waals surface area (Å²) in [7, 11) is 0. The highest BCUT2D eigenvalue weighted by molar-refractivity contribution is 7.99. The molecule has 1 N–H and O–H groups in total. The lowest BCUT2D eigenvalue weighted by Gasteiger charge is -2.22. The Morgan fingerprint density at radius 3 is 2.67 bits per heavy atom. The summed E-state index contributed by atoms with van der Waals surface area (Å²) in [6.45, 7) is 1.81. The second-order valence-corrected chi connectivity index (χ2v) is 7.92. The number of benzene rings is 2. The highest BCUT2D eigenvalue weighted by Gasteiger charge is 2.42. The van der Waals surface area contributed by atoms with Crippen LogP contribution in [-0.2, 0) is 4.79 Å². The average molecular weight is 376 g/mol. The third-order valence-electron chi connectivity index (χ3n) is 4.90. The lowest BCUT2D eigenvalue weighted by Crippen LogP contribution is -2.47. The number of para-hydroxylation sites is 3. The quantitative estimate of drug-likeness (QED) is 0.662. The van der Waals surface area contributed by atoms with Crippen LogP contribution in [0.3, 0.4) is 0 Å². The van der Waals surface area contributed by atoms with E-state index in [2.05, 4.69) is 16.0 Å². The van der Waals surface area contributed by atoms with Gasteiger partial charge < -0.3 is 5.32 Å². The Kier molecular flexibility index (Phi) is 4.63. The van der Waals surface area contributed by atoms with E-state index < -0.39 is 5.54 Å². The summed E-state index contributed by atoms with van der Waals surface area (Å²) >= 11 is 1.39. The normalized spacial score (nSPS) is 15.9. The maximum Gasteiger partial charge on any atom is 0.231 e. The Hall–Kier alpha value is -2.78. The summed E-state index contributed by atoms with van der Waals surface area (Å²) in [6, 6.07) is 20.2. The van der Waals surface area contributed by atoms with Crippen LogP contribution < -0.4 is 5.32 Å². The summed E-state index contributed by atoms with van der Waals surface area (Å²) in [5.74, 6) is 0.355. The van der Waals surface area contributed by atoms with E-state index in [4.69, 9.17) is 4.98 Å². The van der Waals surface area contributed by atoms with Crippen molar-refractivity contribution < 1.29 is 4.79 Å². The molecule has 0 radical (unpaired) electrons. The van der Waals surface area contributed by atoms with Gasteiger partial charge in [0.15, 0.2) is 5.16 Å². The first kappa shape index (κ1) is 17.6. The second-order valence-electron chi connectivity index (χ2n) is 6.98. The Balaban J connectivity index is 1.57. The Labute approximate surface area is 162 Å². The molecule has 1 heterocycles. The average Bonchev–Trinajstić information content (AvgIpc) is 3.48. The SMILES string of the molecule is C[C@@](C#N)(NC(=O)CSc1nc2ccccc2n1-c1ccccc1)C1CC1. The molecule has 2 aromatic carbocycles. The Bertz CT molecular complexity index is 1020. The number of hydrogen-bond donors (Lipinski definition) is 1. The van der Waals surface area contributed by atoms with Crippen molar-refractivity contribution in [2.24, 2.45) is 5.92 Å². The summed E-state index contributed by atoms with van der Waals surface area (Å²) in [5.41, 5.74) is 2.14. The molecule has 1 fully saturated rings. The molecule has 0 spiro atoms. The Morgan fingerprint density at radius 1 is 1.26 bits per heavy atom. The van der Waals surface area contributed by atoms with Gasteiger partial charge in [0.05, 0.1) is 22.9 Å². The molecule has 4 rings (SSSR count). The van der Waals surface area contributed by atoms with E-state index in [1.54, 1.807) is 0 Å². The maximum atomic E-state index is 12.5. The van der Waals surface area contributed by atoms with Gasteiger partial charge >= 0.3 is 0 Å². The third kappa shape index (κ3) is 3.56. The van der Waals surface area contributed by atoms with Crippen molar-refractivity contribution in [1.82, 2.24) is 14.9 Å². The minimum atomic E-state index is -0.767. The van der Waals surface area contributed by atoms with E-state index in [1.165, 1.54) is 11.8 Å². The molecule has 6 heteroatoms. The first-order valence-corrected chi connectivity index (χ1v) is 9.97. The van der Waals surface area contributed by atoms with E-state index >= 15 is 0 Å². The highest BCUT2D eigenvalue weighted by atomic mass is 32.2. The summed E-state index contributed by atoms with van der Waals surface area (Å²) in [5, 5.41) is 13.1. The number of nitrogens with zero attached hydrogens (tertiary/aromatic N) is 3. The van der Waals surface area contributed by atoms with Crippen LogP contribution in [-0.4, -0.2) is 26.8 Å². The molecular weight excluding hydrogens is 356 g/mol. The molecule has 136 valence electrons. The molecule has 1 aliphatic carbocycles. The van der Waals surface area contributed by atoms with Crippen LogP contribution in [0.2, 0.25) is 0 Å².